The second kappa shape index (κ2) is 8.40. The molecule has 1 N–H and O–H groups in total. The van der Waals surface area contributed by atoms with Crippen LogP contribution in [0.4, 0.5) is 13.2 Å². The Morgan fingerprint density at radius 2 is 1.79 bits per heavy atom. The van der Waals surface area contributed by atoms with Crippen molar-refractivity contribution in [2.75, 3.05) is 20.2 Å². The molecule has 2 amide bonds. The molecule has 186 valence electrons. The molecule has 2 atom stereocenters. The molecule has 1 aliphatic carbocycles. The minimum absolute atomic E-state index is 0.0378. The minimum Gasteiger partial charge on any atom is -0.480 e. The van der Waals surface area contributed by atoms with Crippen LogP contribution in [0.25, 0.3) is 0 Å². The molecule has 3 heterocycles. The van der Waals surface area contributed by atoms with Crippen molar-refractivity contribution in [3.63, 3.8) is 0 Å². The molecule has 12 heteroatoms. The van der Waals surface area contributed by atoms with Gasteiger partial charge in [0.15, 0.2) is 0 Å². The van der Waals surface area contributed by atoms with Crippen LogP contribution in [0.15, 0.2) is 12.3 Å². The highest BCUT2D eigenvalue weighted by molar-refractivity contribution is 6.62. The summed E-state index contributed by atoms with van der Waals surface area (Å²) in [6.45, 7) is 7.25. The van der Waals surface area contributed by atoms with Crippen molar-refractivity contribution in [3.8, 4) is 5.88 Å². The molecule has 0 radical (unpaired) electrons. The number of halogens is 3. The molecule has 8 nitrogen and oxygen atoms in total. The first kappa shape index (κ1) is 24.8. The van der Waals surface area contributed by atoms with Crippen LogP contribution in [0, 0.1) is 5.92 Å². The number of nitrogens with zero attached hydrogens (tertiary/aromatic N) is 2. The number of rotatable bonds is 5. The average Bonchev–Trinajstić information content (AvgIpc) is 3.20. The van der Waals surface area contributed by atoms with Crippen LogP contribution < -0.4 is 15.5 Å². The third-order valence-corrected chi connectivity index (χ3v) is 7.15. The Balaban J connectivity index is 1.45. The van der Waals surface area contributed by atoms with Crippen molar-refractivity contribution < 1.29 is 36.8 Å². The van der Waals surface area contributed by atoms with Gasteiger partial charge in [0.2, 0.25) is 17.7 Å². The third kappa shape index (κ3) is 4.49. The molecule has 1 saturated carbocycles. The fourth-order valence-electron chi connectivity index (χ4n) is 4.32. The van der Waals surface area contributed by atoms with E-state index < -0.39 is 67.0 Å². The van der Waals surface area contributed by atoms with E-state index in [0.717, 1.165) is 0 Å². The zero-order chi connectivity index (χ0) is 25.1. The zero-order valence-corrected chi connectivity index (χ0v) is 19.9. The lowest BCUT2D eigenvalue weighted by molar-refractivity contribution is -0.159. The highest BCUT2D eigenvalue weighted by Gasteiger charge is 2.53. The molecule has 0 aromatic carbocycles. The summed E-state index contributed by atoms with van der Waals surface area (Å²) < 4.78 is 58.1. The third-order valence-electron chi connectivity index (χ3n) is 7.15. The van der Waals surface area contributed by atoms with Crippen molar-refractivity contribution in [1.82, 2.24) is 15.2 Å². The largest absolute Gasteiger partial charge is 0.496 e. The number of methoxy groups -OCH3 is 1. The van der Waals surface area contributed by atoms with Crippen LogP contribution in [0.1, 0.15) is 50.9 Å². The van der Waals surface area contributed by atoms with E-state index in [9.17, 15) is 22.8 Å². The van der Waals surface area contributed by atoms with E-state index in [2.05, 4.69) is 10.3 Å². The summed E-state index contributed by atoms with van der Waals surface area (Å²) in [5, 5.41) is 2.59. The van der Waals surface area contributed by atoms with Crippen molar-refractivity contribution in [1.29, 1.82) is 0 Å². The molecular weight excluding hydrogens is 454 g/mol. The van der Waals surface area contributed by atoms with Gasteiger partial charge in [0.1, 0.15) is 11.7 Å². The van der Waals surface area contributed by atoms with Crippen LogP contribution in [0.2, 0.25) is 0 Å². The molecule has 1 aromatic heterocycles. The van der Waals surface area contributed by atoms with E-state index in [4.69, 9.17) is 14.0 Å². The number of nitrogens with one attached hydrogen (secondary N) is 1. The molecule has 0 spiro atoms. The van der Waals surface area contributed by atoms with E-state index in [0.29, 0.717) is 5.46 Å². The molecule has 4 rings (SSSR count). The smallest absolute Gasteiger partial charge is 0.480 e. The lowest BCUT2D eigenvalue weighted by atomic mass is 9.79. The summed E-state index contributed by atoms with van der Waals surface area (Å²) in [6, 6.07) is 0.535. The van der Waals surface area contributed by atoms with E-state index in [1.807, 2.05) is 27.7 Å². The van der Waals surface area contributed by atoms with Gasteiger partial charge in [0, 0.05) is 37.0 Å². The van der Waals surface area contributed by atoms with Crippen LogP contribution in [-0.2, 0) is 14.1 Å². The Morgan fingerprint density at radius 3 is 2.35 bits per heavy atom. The summed E-state index contributed by atoms with van der Waals surface area (Å²) in [7, 11) is 0.597. The molecule has 34 heavy (non-hydrogen) atoms. The fourth-order valence-corrected chi connectivity index (χ4v) is 4.32. The second-order valence-electron chi connectivity index (χ2n) is 10.2. The molecule has 0 unspecified atom stereocenters. The SMILES string of the molecule is COc1ncc(B2OC(C)(C)C(C)(C)O2)cc1C(=O)N[C@@H]1CN(C(=O)C2CC(F)(F)C2)C[C@@H]1F. The summed E-state index contributed by atoms with van der Waals surface area (Å²) in [5.41, 5.74) is -0.627. The molecule has 2 saturated heterocycles. The van der Waals surface area contributed by atoms with E-state index in [1.165, 1.54) is 24.3 Å². The number of hydrogen-bond acceptors (Lipinski definition) is 6. The molecule has 2 aliphatic heterocycles. The van der Waals surface area contributed by atoms with E-state index in [1.54, 1.807) is 0 Å². The first-order valence-electron chi connectivity index (χ1n) is 11.2. The van der Waals surface area contributed by atoms with Crippen molar-refractivity contribution in [2.45, 2.75) is 69.9 Å². The van der Waals surface area contributed by atoms with Crippen LogP contribution in [0.5, 0.6) is 5.88 Å². The van der Waals surface area contributed by atoms with Crippen LogP contribution in [0.3, 0.4) is 0 Å². The lowest BCUT2D eigenvalue weighted by Crippen LogP contribution is -2.47. The van der Waals surface area contributed by atoms with Gasteiger partial charge in [0.25, 0.3) is 5.91 Å². The van der Waals surface area contributed by atoms with Gasteiger partial charge in [-0.05, 0) is 33.8 Å². The summed E-state index contributed by atoms with van der Waals surface area (Å²) >= 11 is 0. The Kier molecular flexibility index (Phi) is 6.12. The van der Waals surface area contributed by atoms with Gasteiger partial charge in [0.05, 0.1) is 30.9 Å². The number of pyridine rings is 1. The molecule has 3 fully saturated rings. The van der Waals surface area contributed by atoms with Crippen LogP contribution >= 0.6 is 0 Å². The summed E-state index contributed by atoms with van der Waals surface area (Å²) in [4.78, 5) is 30.8. The predicted molar refractivity (Wildman–Crippen MR) is 117 cm³/mol. The monoisotopic (exact) mass is 483 g/mol. The Labute approximate surface area is 196 Å². The van der Waals surface area contributed by atoms with Gasteiger partial charge in [-0.1, -0.05) is 0 Å². The maximum absolute atomic E-state index is 14.6. The number of ether oxygens (including phenoxy) is 1. The van der Waals surface area contributed by atoms with Gasteiger partial charge in [-0.15, -0.1) is 0 Å². The highest BCUT2D eigenvalue weighted by atomic mass is 19.3. The molecule has 3 aliphatic rings. The maximum Gasteiger partial charge on any atom is 0.496 e. The van der Waals surface area contributed by atoms with Gasteiger partial charge < -0.3 is 24.3 Å². The Morgan fingerprint density at radius 1 is 1.18 bits per heavy atom. The van der Waals surface area contributed by atoms with Crippen LogP contribution in [-0.4, -0.2) is 78.4 Å². The summed E-state index contributed by atoms with van der Waals surface area (Å²) in [6.07, 6.45) is -1.09. The lowest BCUT2D eigenvalue weighted by Gasteiger charge is -2.36. The standard InChI is InChI=1S/C22H29BF3N3O5/c1-20(2)21(3,4)34-23(33-20)13-6-14(18(32-5)27-9-13)17(30)28-16-11-29(10-15(16)24)19(31)12-7-22(25,26)8-12/h6,9,12,15-16H,7-8,10-11H2,1-5H3,(H,28,30)/t15-,16+/m0/s1. The first-order chi connectivity index (χ1) is 15.7. The summed E-state index contributed by atoms with van der Waals surface area (Å²) in [5.74, 6) is -4.75. The number of likely N-dealkylation sites (tertiary alicyclic amines) is 1. The number of alkyl halides is 3. The van der Waals surface area contributed by atoms with Gasteiger partial charge >= 0.3 is 7.12 Å². The fraction of sp³-hybridized carbons (Fsp3) is 0.682. The quantitative estimate of drug-likeness (QED) is 0.642. The normalized spacial score (nSPS) is 27.4. The van der Waals surface area contributed by atoms with E-state index >= 15 is 0 Å². The molecule has 1 aromatic rings. The molecule has 0 bridgehead atoms. The van der Waals surface area contributed by atoms with Gasteiger partial charge in [-0.2, -0.15) is 0 Å². The Bertz CT molecular complexity index is 969. The second-order valence-corrected chi connectivity index (χ2v) is 10.2. The molecular formula is C22H29BF3N3O5. The van der Waals surface area contributed by atoms with Crippen molar-refractivity contribution in [2.24, 2.45) is 5.92 Å². The van der Waals surface area contributed by atoms with E-state index in [-0.39, 0.29) is 24.5 Å². The van der Waals surface area contributed by atoms with Crippen molar-refractivity contribution in [3.05, 3.63) is 17.8 Å². The average molecular weight is 483 g/mol. The van der Waals surface area contributed by atoms with Gasteiger partial charge in [-0.25, -0.2) is 18.2 Å². The van der Waals surface area contributed by atoms with Gasteiger partial charge in [-0.3, -0.25) is 9.59 Å². The number of aromatic nitrogens is 1. The number of carbonyl (C=O) groups excluding carboxylic acids is 2. The topological polar surface area (TPSA) is 90.0 Å². The Hall–Kier alpha value is -2.34. The number of hydrogen-bond donors (Lipinski definition) is 1. The number of amides is 2. The first-order valence-corrected chi connectivity index (χ1v) is 11.2. The van der Waals surface area contributed by atoms with Crippen molar-refractivity contribution >= 4 is 24.4 Å². The number of carbonyl (C=O) groups is 2. The zero-order valence-electron chi connectivity index (χ0n) is 19.9. The highest BCUT2D eigenvalue weighted by Crippen LogP contribution is 2.43. The predicted octanol–water partition coefficient (Wildman–Crippen LogP) is 1.71. The maximum atomic E-state index is 14.6. The minimum atomic E-state index is -2.84.